The number of esters is 1. The minimum Gasteiger partial charge on any atom is -0.457 e. The lowest BCUT2D eigenvalue weighted by Crippen LogP contribution is -2.42. The summed E-state index contributed by atoms with van der Waals surface area (Å²) in [6.45, 7) is 54.6. The van der Waals surface area contributed by atoms with Crippen molar-refractivity contribution in [2.75, 3.05) is 26.4 Å². The summed E-state index contributed by atoms with van der Waals surface area (Å²) in [5.41, 5.74) is 6.19. The van der Waals surface area contributed by atoms with Crippen molar-refractivity contribution in [3.63, 3.8) is 0 Å². The van der Waals surface area contributed by atoms with E-state index in [0.29, 0.717) is 27.9 Å². The maximum atomic E-state index is 11.3. The summed E-state index contributed by atoms with van der Waals surface area (Å²) in [6.07, 6.45) is 3.91. The van der Waals surface area contributed by atoms with E-state index in [4.69, 9.17) is 24.1 Å². The lowest BCUT2D eigenvalue weighted by atomic mass is 9.74. The van der Waals surface area contributed by atoms with E-state index in [1.165, 1.54) is 23.1 Å². The molecule has 2 heterocycles. The van der Waals surface area contributed by atoms with E-state index in [1.807, 2.05) is 41.5 Å². The van der Waals surface area contributed by atoms with Gasteiger partial charge in [-0.15, -0.1) is 0 Å². The van der Waals surface area contributed by atoms with Gasteiger partial charge in [0.1, 0.15) is 5.60 Å². The monoisotopic (exact) mass is 713 g/mol. The molecule has 6 heteroatoms. The lowest BCUT2D eigenvalue weighted by molar-refractivity contribution is -0.149. The highest BCUT2D eigenvalue weighted by molar-refractivity contribution is 5.88. The molecule has 2 rings (SSSR count). The third kappa shape index (κ3) is 44.6. The van der Waals surface area contributed by atoms with Gasteiger partial charge in [0.2, 0.25) is 0 Å². The Labute approximate surface area is 313 Å². The molecule has 300 valence electrons. The van der Waals surface area contributed by atoms with Crippen LogP contribution >= 0.6 is 0 Å². The number of epoxide rings is 1. The molecule has 0 radical (unpaired) electrons. The molecular weight excluding hydrogens is 624 g/mol. The first-order valence-electron chi connectivity index (χ1n) is 18.5. The Morgan fingerprint density at radius 2 is 1.14 bits per heavy atom. The van der Waals surface area contributed by atoms with Crippen LogP contribution in [0.1, 0.15) is 180 Å². The molecule has 2 aliphatic rings. The van der Waals surface area contributed by atoms with Gasteiger partial charge in [0.05, 0.1) is 43.7 Å². The number of allylic oxidation sites excluding steroid dienone is 4. The molecule has 50 heavy (non-hydrogen) atoms. The molecule has 0 aromatic carbocycles. The van der Waals surface area contributed by atoms with Crippen molar-refractivity contribution in [1.82, 2.24) is 0 Å². The van der Waals surface area contributed by atoms with E-state index >= 15 is 0 Å². The van der Waals surface area contributed by atoms with Gasteiger partial charge in [0.25, 0.3) is 0 Å². The van der Waals surface area contributed by atoms with E-state index in [0.717, 1.165) is 32.0 Å². The first-order valence-corrected chi connectivity index (χ1v) is 18.5. The molecule has 2 fully saturated rings. The van der Waals surface area contributed by atoms with Gasteiger partial charge in [-0.05, 0) is 147 Å². The molecule has 1 atom stereocenters. The van der Waals surface area contributed by atoms with E-state index in [2.05, 4.69) is 110 Å². The number of carbonyl (C=O) groups excluding carboxylic acids is 1. The Kier molecular flexibility index (Phi) is 26.5. The molecule has 0 aromatic rings. The van der Waals surface area contributed by atoms with Crippen LogP contribution in [-0.2, 0) is 23.7 Å². The minimum absolute atomic E-state index is 0.0172. The Balaban J connectivity index is -0.000000261. The quantitative estimate of drug-likeness (QED) is 0.135. The van der Waals surface area contributed by atoms with Crippen LogP contribution in [0.25, 0.3) is 0 Å². The zero-order valence-corrected chi connectivity index (χ0v) is 38.2. The third-order valence-electron chi connectivity index (χ3n) is 6.77. The zero-order valence-electron chi connectivity index (χ0n) is 38.2. The predicted molar refractivity (Wildman–Crippen MR) is 219 cm³/mol. The summed E-state index contributed by atoms with van der Waals surface area (Å²) >= 11 is 0. The number of hydrogen-bond acceptors (Lipinski definition) is 6. The first kappa shape index (κ1) is 55.3. The highest BCUT2D eigenvalue weighted by Gasteiger charge is 2.37. The second-order valence-electron chi connectivity index (χ2n) is 20.1. The zero-order chi connectivity index (χ0) is 41.1. The van der Waals surface area contributed by atoms with Crippen molar-refractivity contribution in [2.24, 2.45) is 16.2 Å². The number of aliphatic hydroxyl groups is 1. The summed E-state index contributed by atoms with van der Waals surface area (Å²) in [4.78, 5) is 11.3. The standard InChI is InChI=1S/C10H18O2.C10H20O.C9H18O.C6H12O.C5H10.C4H10O/c1-7(2)8(3)9(11)12-10(4,5)6;1-8(2)9(3)7-11-10(4,5)6;1-8(2,3)5-9(4)6-10-7-9;1-6(2,3)5-4-7-5;1-4-5(2)3;1-4(2,3)5/h1-6H3;7H2,1-6H3;5-7H2,1-4H3;5H,4H2,1-3H3;4H,1-3H3;5H,1-3H3. The van der Waals surface area contributed by atoms with Crippen molar-refractivity contribution in [3.05, 3.63) is 33.9 Å². The van der Waals surface area contributed by atoms with Crippen LogP contribution in [0.5, 0.6) is 0 Å². The number of hydrogen-bond donors (Lipinski definition) is 1. The van der Waals surface area contributed by atoms with Crippen LogP contribution in [0.2, 0.25) is 0 Å². The van der Waals surface area contributed by atoms with Gasteiger partial charge in [0.15, 0.2) is 0 Å². The van der Waals surface area contributed by atoms with Gasteiger partial charge in [-0.1, -0.05) is 71.3 Å². The Hall–Kier alpha value is -1.47. The fourth-order valence-corrected chi connectivity index (χ4v) is 3.41. The largest absolute Gasteiger partial charge is 0.457 e. The highest BCUT2D eigenvalue weighted by Crippen LogP contribution is 2.38. The van der Waals surface area contributed by atoms with Crippen LogP contribution < -0.4 is 0 Å². The van der Waals surface area contributed by atoms with E-state index in [-0.39, 0.29) is 11.6 Å². The van der Waals surface area contributed by atoms with Crippen LogP contribution in [0, 0.1) is 16.2 Å². The second-order valence-corrected chi connectivity index (χ2v) is 20.1. The molecule has 1 N–H and O–H groups in total. The topological polar surface area (TPSA) is 77.5 Å². The molecule has 2 aliphatic heterocycles. The summed E-state index contributed by atoms with van der Waals surface area (Å²) in [5.74, 6) is -0.220. The SMILES string of the molecule is CC(C)(C)C1CO1.CC(C)(C)CC1(C)COC1.CC(C)(C)O.CC(C)=C(C)C(=O)OC(C)(C)C.CC(C)=C(C)COC(C)(C)C.CC=C(C)C. The average Bonchev–Trinajstić information content (AvgIpc) is 3.70. The molecule has 6 nitrogen and oxygen atoms in total. The van der Waals surface area contributed by atoms with Crippen LogP contribution in [0.15, 0.2) is 33.9 Å². The third-order valence-corrected chi connectivity index (χ3v) is 6.77. The van der Waals surface area contributed by atoms with Gasteiger partial charge in [-0.3, -0.25) is 0 Å². The van der Waals surface area contributed by atoms with Gasteiger partial charge < -0.3 is 24.1 Å². The smallest absolute Gasteiger partial charge is 0.334 e. The van der Waals surface area contributed by atoms with Crippen molar-refractivity contribution < 1.29 is 28.8 Å². The second kappa shape index (κ2) is 24.0. The Bertz CT molecular complexity index is 999. The highest BCUT2D eigenvalue weighted by atomic mass is 16.6. The minimum atomic E-state index is -0.500. The Morgan fingerprint density at radius 1 is 0.760 bits per heavy atom. The van der Waals surface area contributed by atoms with E-state index in [9.17, 15) is 4.79 Å². The summed E-state index contributed by atoms with van der Waals surface area (Å²) < 4.78 is 21.0. The fraction of sp³-hybridized carbons (Fsp3) is 0.841. The molecule has 0 saturated carbocycles. The fourth-order valence-electron chi connectivity index (χ4n) is 3.41. The predicted octanol–water partition coefficient (Wildman–Crippen LogP) is 12.5. The van der Waals surface area contributed by atoms with E-state index < -0.39 is 11.2 Å². The van der Waals surface area contributed by atoms with Crippen molar-refractivity contribution >= 4 is 5.97 Å². The van der Waals surface area contributed by atoms with Gasteiger partial charge in [-0.2, -0.15) is 0 Å². The molecule has 0 bridgehead atoms. The maximum Gasteiger partial charge on any atom is 0.334 e. The average molecular weight is 713 g/mol. The van der Waals surface area contributed by atoms with Gasteiger partial charge in [-0.25, -0.2) is 4.79 Å². The molecule has 1 unspecified atom stereocenters. The van der Waals surface area contributed by atoms with Gasteiger partial charge >= 0.3 is 5.97 Å². The molecule has 0 aromatic heterocycles. The number of ether oxygens (including phenoxy) is 4. The number of rotatable bonds is 4. The van der Waals surface area contributed by atoms with Gasteiger partial charge in [0, 0.05) is 11.0 Å². The van der Waals surface area contributed by atoms with Crippen LogP contribution in [0.3, 0.4) is 0 Å². The first-order chi connectivity index (χ1) is 21.9. The van der Waals surface area contributed by atoms with Crippen molar-refractivity contribution in [2.45, 2.75) is 202 Å². The molecule has 0 amide bonds. The normalized spacial score (nSPS) is 16.1. The van der Waals surface area contributed by atoms with Crippen molar-refractivity contribution in [1.29, 1.82) is 0 Å². The molecule has 0 spiro atoms. The lowest BCUT2D eigenvalue weighted by Gasteiger charge is -2.42. The van der Waals surface area contributed by atoms with Crippen LogP contribution in [-0.4, -0.2) is 60.4 Å². The molecular formula is C44H88O6. The summed E-state index contributed by atoms with van der Waals surface area (Å²) in [7, 11) is 0. The summed E-state index contributed by atoms with van der Waals surface area (Å²) in [5, 5.41) is 8.52. The molecule has 2 saturated heterocycles. The van der Waals surface area contributed by atoms with Crippen molar-refractivity contribution in [3.8, 4) is 0 Å². The number of carbonyl (C=O) groups is 1. The maximum absolute atomic E-state index is 11.3. The van der Waals surface area contributed by atoms with Crippen LogP contribution in [0.4, 0.5) is 0 Å². The van der Waals surface area contributed by atoms with E-state index in [1.54, 1.807) is 27.7 Å². The Morgan fingerprint density at radius 3 is 1.28 bits per heavy atom. The molecule has 0 aliphatic carbocycles. The summed E-state index contributed by atoms with van der Waals surface area (Å²) in [6, 6.07) is 0.